The Morgan fingerprint density at radius 1 is 1.00 bits per heavy atom. The van der Waals surface area contributed by atoms with Crippen molar-refractivity contribution in [2.75, 3.05) is 18.0 Å². The number of benzene rings is 2. The first-order chi connectivity index (χ1) is 11.4. The van der Waals surface area contributed by atoms with Crippen molar-refractivity contribution in [1.29, 1.82) is 0 Å². The van der Waals surface area contributed by atoms with Crippen LogP contribution in [-0.4, -0.2) is 22.1 Å². The van der Waals surface area contributed by atoms with Crippen molar-refractivity contribution in [2.45, 2.75) is 25.2 Å². The number of halogens is 2. The number of hydrogen-bond donors (Lipinski definition) is 0. The number of sulfonamides is 1. The zero-order valence-electron chi connectivity index (χ0n) is 13.7. The Morgan fingerprint density at radius 2 is 1.62 bits per heavy atom. The summed E-state index contributed by atoms with van der Waals surface area (Å²) in [4.78, 5) is -0.0450. The van der Waals surface area contributed by atoms with E-state index in [1.165, 1.54) is 23.5 Å². The second-order valence-electron chi connectivity index (χ2n) is 5.08. The van der Waals surface area contributed by atoms with E-state index in [1.54, 1.807) is 19.1 Å². The van der Waals surface area contributed by atoms with Crippen LogP contribution in [-0.2, 0) is 16.4 Å². The minimum Gasteiger partial charge on any atom is -0.495 e. The van der Waals surface area contributed by atoms with Crippen molar-refractivity contribution in [3.8, 4) is 5.75 Å². The van der Waals surface area contributed by atoms with Crippen LogP contribution in [0.3, 0.4) is 0 Å². The summed E-state index contributed by atoms with van der Waals surface area (Å²) in [5.41, 5.74) is 1.72. The number of hydrogen-bond acceptors (Lipinski definition) is 3. The molecular formula is C17H19Cl2NO3S. The fraction of sp³-hybridized carbons (Fsp3) is 0.294. The van der Waals surface area contributed by atoms with Crippen LogP contribution in [0.25, 0.3) is 0 Å². The number of rotatable bonds is 6. The molecule has 24 heavy (non-hydrogen) atoms. The molecule has 0 atom stereocenters. The van der Waals surface area contributed by atoms with Crippen molar-refractivity contribution in [2.24, 2.45) is 0 Å². The topological polar surface area (TPSA) is 46.6 Å². The van der Waals surface area contributed by atoms with Gasteiger partial charge in [-0.2, -0.15) is 0 Å². The number of ether oxygens (including phenoxy) is 1. The van der Waals surface area contributed by atoms with E-state index < -0.39 is 10.0 Å². The molecule has 0 heterocycles. The van der Waals surface area contributed by atoms with Gasteiger partial charge in [-0.1, -0.05) is 42.3 Å². The van der Waals surface area contributed by atoms with E-state index in [0.717, 1.165) is 12.0 Å². The lowest BCUT2D eigenvalue weighted by Gasteiger charge is -2.24. The summed E-state index contributed by atoms with van der Waals surface area (Å²) in [7, 11) is -2.40. The fourth-order valence-electron chi connectivity index (χ4n) is 2.38. The molecule has 0 saturated heterocycles. The molecule has 130 valence electrons. The Morgan fingerprint density at radius 3 is 2.12 bits per heavy atom. The lowest BCUT2D eigenvalue weighted by atomic mass is 10.1. The molecule has 2 rings (SSSR count). The number of aryl methyl sites for hydroxylation is 1. The first-order valence-electron chi connectivity index (χ1n) is 7.50. The average Bonchev–Trinajstić information content (AvgIpc) is 2.58. The van der Waals surface area contributed by atoms with Crippen LogP contribution < -0.4 is 9.04 Å². The molecule has 2 aromatic rings. The van der Waals surface area contributed by atoms with Gasteiger partial charge < -0.3 is 4.74 Å². The molecule has 0 fully saturated rings. The van der Waals surface area contributed by atoms with Crippen LogP contribution in [0.4, 0.5) is 5.69 Å². The van der Waals surface area contributed by atoms with E-state index in [9.17, 15) is 8.42 Å². The normalized spacial score (nSPS) is 11.4. The Kier molecular flexibility index (Phi) is 6.01. The van der Waals surface area contributed by atoms with E-state index in [-0.39, 0.29) is 21.5 Å². The molecular weight excluding hydrogens is 369 g/mol. The SMILES string of the molecule is CCc1ccc(N(CC)S(=O)(=O)c2ccc(OC)c(Cl)c2Cl)cc1. The van der Waals surface area contributed by atoms with Gasteiger partial charge in [-0.25, -0.2) is 8.42 Å². The molecule has 0 aliphatic heterocycles. The highest BCUT2D eigenvalue weighted by Gasteiger charge is 2.28. The van der Waals surface area contributed by atoms with Gasteiger partial charge in [-0.3, -0.25) is 4.31 Å². The van der Waals surface area contributed by atoms with Gasteiger partial charge in [-0.15, -0.1) is 0 Å². The van der Waals surface area contributed by atoms with E-state index >= 15 is 0 Å². The van der Waals surface area contributed by atoms with Gasteiger partial charge in [0.2, 0.25) is 0 Å². The highest BCUT2D eigenvalue weighted by molar-refractivity contribution is 7.93. The first kappa shape index (κ1) is 18.9. The summed E-state index contributed by atoms with van der Waals surface area (Å²) < 4.78 is 32.4. The van der Waals surface area contributed by atoms with Gasteiger partial charge in [0.1, 0.15) is 15.7 Å². The van der Waals surface area contributed by atoms with E-state index in [2.05, 4.69) is 0 Å². The maximum atomic E-state index is 13.0. The highest BCUT2D eigenvalue weighted by Crippen LogP contribution is 2.38. The summed E-state index contributed by atoms with van der Waals surface area (Å²) >= 11 is 12.3. The molecule has 0 spiro atoms. The zero-order valence-corrected chi connectivity index (χ0v) is 16.0. The lowest BCUT2D eigenvalue weighted by molar-refractivity contribution is 0.414. The highest BCUT2D eigenvalue weighted by atomic mass is 35.5. The minimum atomic E-state index is -3.84. The molecule has 2 aromatic carbocycles. The Bertz CT molecular complexity index is 820. The van der Waals surface area contributed by atoms with E-state index in [0.29, 0.717) is 11.4 Å². The summed E-state index contributed by atoms with van der Waals surface area (Å²) in [6.07, 6.45) is 0.888. The standard InChI is InChI=1S/C17H19Cl2NO3S/c1-4-12-6-8-13(9-7-12)20(5-2)24(21,22)15-11-10-14(23-3)16(18)17(15)19/h6-11H,4-5H2,1-3H3. The van der Waals surface area contributed by atoms with Crippen LogP contribution in [0.2, 0.25) is 10.0 Å². The van der Waals surface area contributed by atoms with Gasteiger partial charge >= 0.3 is 0 Å². The molecule has 0 aliphatic carbocycles. The monoisotopic (exact) mass is 387 g/mol. The summed E-state index contributed by atoms with van der Waals surface area (Å²) in [5.74, 6) is 0.330. The van der Waals surface area contributed by atoms with Crippen molar-refractivity contribution < 1.29 is 13.2 Å². The molecule has 0 N–H and O–H groups in total. The third-order valence-electron chi connectivity index (χ3n) is 3.72. The molecule has 0 saturated carbocycles. The van der Waals surface area contributed by atoms with Crippen molar-refractivity contribution in [3.63, 3.8) is 0 Å². The first-order valence-corrected chi connectivity index (χ1v) is 9.70. The van der Waals surface area contributed by atoms with Gasteiger partial charge in [0.25, 0.3) is 10.0 Å². The summed E-state index contributed by atoms with van der Waals surface area (Å²) in [6.45, 7) is 4.08. The Balaban J connectivity index is 2.52. The maximum Gasteiger partial charge on any atom is 0.265 e. The van der Waals surface area contributed by atoms with Crippen LogP contribution in [0.1, 0.15) is 19.4 Å². The predicted octanol–water partition coefficient (Wildman–Crippen LogP) is 4.78. The lowest BCUT2D eigenvalue weighted by Crippen LogP contribution is -2.31. The van der Waals surface area contributed by atoms with Gasteiger partial charge in [0, 0.05) is 6.54 Å². The molecule has 7 heteroatoms. The van der Waals surface area contributed by atoms with Gasteiger partial charge in [0.05, 0.1) is 17.8 Å². The third kappa shape index (κ3) is 3.48. The summed E-state index contributed by atoms with van der Waals surface area (Å²) in [6, 6.07) is 10.3. The van der Waals surface area contributed by atoms with Crippen LogP contribution >= 0.6 is 23.2 Å². The van der Waals surface area contributed by atoms with Gasteiger partial charge in [0.15, 0.2) is 0 Å². The molecule has 0 bridgehead atoms. The molecule has 0 radical (unpaired) electrons. The maximum absolute atomic E-state index is 13.0. The zero-order chi connectivity index (χ0) is 17.9. The van der Waals surface area contributed by atoms with Crippen LogP contribution in [0, 0.1) is 0 Å². The largest absolute Gasteiger partial charge is 0.495 e. The Hall–Kier alpha value is -1.43. The second-order valence-corrected chi connectivity index (χ2v) is 7.67. The van der Waals surface area contributed by atoms with E-state index in [4.69, 9.17) is 27.9 Å². The van der Waals surface area contributed by atoms with Crippen molar-refractivity contribution in [1.82, 2.24) is 0 Å². The molecule has 4 nitrogen and oxygen atoms in total. The number of nitrogens with zero attached hydrogens (tertiary/aromatic N) is 1. The second kappa shape index (κ2) is 7.64. The van der Waals surface area contributed by atoms with Crippen molar-refractivity contribution in [3.05, 3.63) is 52.0 Å². The van der Waals surface area contributed by atoms with Gasteiger partial charge in [-0.05, 0) is 43.2 Å². The smallest absolute Gasteiger partial charge is 0.265 e. The average molecular weight is 388 g/mol. The fourth-order valence-corrected chi connectivity index (χ4v) is 4.67. The van der Waals surface area contributed by atoms with Crippen LogP contribution in [0.5, 0.6) is 5.75 Å². The Labute approximate surface area is 153 Å². The number of anilines is 1. The molecule has 0 unspecified atom stereocenters. The number of methoxy groups -OCH3 is 1. The quantitative estimate of drug-likeness (QED) is 0.716. The molecule has 0 aromatic heterocycles. The van der Waals surface area contributed by atoms with Crippen LogP contribution in [0.15, 0.2) is 41.3 Å². The minimum absolute atomic E-state index is 0.0420. The molecule has 0 aliphatic rings. The third-order valence-corrected chi connectivity index (χ3v) is 6.64. The van der Waals surface area contributed by atoms with Crippen molar-refractivity contribution >= 4 is 38.9 Å². The predicted molar refractivity (Wildman–Crippen MR) is 99.0 cm³/mol. The van der Waals surface area contributed by atoms with E-state index in [1.807, 2.05) is 19.1 Å². The summed E-state index contributed by atoms with van der Waals surface area (Å²) in [5, 5.41) is 0.0391. The molecule has 0 amide bonds.